The molecule has 1 amide bonds. The van der Waals surface area contributed by atoms with E-state index in [9.17, 15) is 4.79 Å². The molecule has 1 aromatic rings. The molecule has 1 rings (SSSR count). The van der Waals surface area contributed by atoms with Gasteiger partial charge in [-0.05, 0) is 6.08 Å². The smallest absolute Gasteiger partial charge is 0.221 e. The number of carbonyl (C=O) groups is 1. The van der Waals surface area contributed by atoms with E-state index in [1.807, 2.05) is 0 Å². The Balaban J connectivity index is 2.52. The molecule has 0 saturated heterocycles. The molecule has 1 aromatic heterocycles. The van der Waals surface area contributed by atoms with Crippen molar-refractivity contribution in [3.8, 4) is 0 Å². The van der Waals surface area contributed by atoms with Gasteiger partial charge in [-0.1, -0.05) is 6.08 Å². The third-order valence-electron chi connectivity index (χ3n) is 1.23. The van der Waals surface area contributed by atoms with Gasteiger partial charge in [-0.15, -0.1) is 0 Å². The van der Waals surface area contributed by atoms with Crippen LogP contribution in [0.2, 0.25) is 0 Å². The number of primary amides is 1. The maximum Gasteiger partial charge on any atom is 0.221 e. The average molecular weight is 166 g/mol. The molecule has 0 aliphatic heterocycles. The Bertz CT molecular complexity index is 302. The van der Waals surface area contributed by atoms with Gasteiger partial charge >= 0.3 is 0 Å². The lowest BCUT2D eigenvalue weighted by Gasteiger charge is -1.83. The van der Waals surface area contributed by atoms with Gasteiger partial charge < -0.3 is 11.5 Å². The first-order chi connectivity index (χ1) is 5.68. The number of H-pyrrole nitrogens is 1. The molecule has 0 aliphatic carbocycles. The summed E-state index contributed by atoms with van der Waals surface area (Å²) in [5, 5.41) is 6.36. The Kier molecular flexibility index (Phi) is 2.47. The van der Waals surface area contributed by atoms with E-state index < -0.39 is 0 Å². The molecule has 0 saturated carbocycles. The molecule has 0 atom stereocenters. The number of hydrogen-bond acceptors (Lipinski definition) is 3. The lowest BCUT2D eigenvalue weighted by Crippen LogP contribution is -2.07. The number of aromatic nitrogens is 2. The Labute approximate surface area is 69.4 Å². The number of nitrogens with two attached hydrogens (primary N) is 2. The predicted molar refractivity (Wildman–Crippen MR) is 45.8 cm³/mol. The van der Waals surface area contributed by atoms with Crippen LogP contribution in [0.5, 0.6) is 0 Å². The molecule has 0 bridgehead atoms. The van der Waals surface area contributed by atoms with Gasteiger partial charge in [-0.2, -0.15) is 5.10 Å². The molecule has 0 fully saturated rings. The molecule has 5 heteroatoms. The minimum Gasteiger partial charge on any atom is -0.382 e. The van der Waals surface area contributed by atoms with Gasteiger partial charge in [0.25, 0.3) is 0 Å². The zero-order valence-electron chi connectivity index (χ0n) is 6.45. The summed E-state index contributed by atoms with van der Waals surface area (Å²) in [6.45, 7) is 0. The Morgan fingerprint density at radius 1 is 1.75 bits per heavy atom. The maximum absolute atomic E-state index is 10.3. The van der Waals surface area contributed by atoms with Crippen molar-refractivity contribution in [2.45, 2.75) is 6.42 Å². The van der Waals surface area contributed by atoms with Crippen LogP contribution in [0.3, 0.4) is 0 Å². The normalized spacial score (nSPS) is 10.7. The van der Waals surface area contributed by atoms with Crippen LogP contribution in [-0.2, 0) is 4.79 Å². The average Bonchev–Trinajstić information content (AvgIpc) is 2.35. The highest BCUT2D eigenvalue weighted by Gasteiger charge is 1.92. The highest BCUT2D eigenvalue weighted by Crippen LogP contribution is 2.02. The van der Waals surface area contributed by atoms with E-state index in [0.29, 0.717) is 5.82 Å². The van der Waals surface area contributed by atoms with Crippen LogP contribution in [-0.4, -0.2) is 16.1 Å². The Hall–Kier alpha value is -1.78. The minimum absolute atomic E-state index is 0.221. The number of rotatable bonds is 3. The molecule has 0 unspecified atom stereocenters. The Morgan fingerprint density at radius 3 is 3.00 bits per heavy atom. The van der Waals surface area contributed by atoms with Gasteiger partial charge in [0.15, 0.2) is 0 Å². The van der Waals surface area contributed by atoms with Crippen molar-refractivity contribution in [3.05, 3.63) is 17.8 Å². The number of hydrogen-bond donors (Lipinski definition) is 3. The van der Waals surface area contributed by atoms with Crippen LogP contribution < -0.4 is 11.5 Å². The second-order valence-electron chi connectivity index (χ2n) is 2.32. The van der Waals surface area contributed by atoms with Crippen molar-refractivity contribution in [1.82, 2.24) is 10.2 Å². The first kappa shape index (κ1) is 8.32. The largest absolute Gasteiger partial charge is 0.382 e. The van der Waals surface area contributed by atoms with E-state index in [4.69, 9.17) is 11.5 Å². The molecule has 5 nitrogen and oxygen atoms in total. The fourth-order valence-corrected chi connectivity index (χ4v) is 0.740. The number of nitrogen functional groups attached to an aromatic ring is 1. The fraction of sp³-hybridized carbons (Fsp3) is 0.143. The van der Waals surface area contributed by atoms with E-state index in [1.54, 1.807) is 18.2 Å². The van der Waals surface area contributed by atoms with Crippen molar-refractivity contribution >= 4 is 17.8 Å². The third kappa shape index (κ3) is 2.45. The molecular weight excluding hydrogens is 156 g/mol. The quantitative estimate of drug-likeness (QED) is 0.583. The highest BCUT2D eigenvalue weighted by atomic mass is 16.1. The topological polar surface area (TPSA) is 97.8 Å². The zero-order chi connectivity index (χ0) is 8.97. The van der Waals surface area contributed by atoms with E-state index in [0.717, 1.165) is 5.69 Å². The predicted octanol–water partition coefficient (Wildman–Crippen LogP) is -0.120. The number of aromatic amines is 1. The molecule has 1 heterocycles. The number of nitrogens with one attached hydrogen (secondary N) is 1. The summed E-state index contributed by atoms with van der Waals surface area (Å²) in [4.78, 5) is 10.3. The number of amides is 1. The minimum atomic E-state index is -0.362. The number of carbonyl (C=O) groups excluding carboxylic acids is 1. The lowest BCUT2D eigenvalue weighted by molar-refractivity contribution is -0.117. The van der Waals surface area contributed by atoms with E-state index in [1.165, 1.54) is 0 Å². The molecular formula is C7H10N4O. The third-order valence-corrected chi connectivity index (χ3v) is 1.23. The van der Waals surface area contributed by atoms with Crippen molar-refractivity contribution < 1.29 is 4.79 Å². The van der Waals surface area contributed by atoms with E-state index in [-0.39, 0.29) is 12.3 Å². The lowest BCUT2D eigenvalue weighted by atomic mass is 10.3. The van der Waals surface area contributed by atoms with Crippen LogP contribution in [0.15, 0.2) is 12.1 Å². The number of nitrogens with zero attached hydrogens (tertiary/aromatic N) is 1. The molecule has 0 aliphatic rings. The van der Waals surface area contributed by atoms with Gasteiger partial charge in [0.1, 0.15) is 5.82 Å². The summed E-state index contributed by atoms with van der Waals surface area (Å²) in [6, 6.07) is 1.66. The summed E-state index contributed by atoms with van der Waals surface area (Å²) in [5.41, 5.74) is 11.0. The molecule has 5 N–H and O–H groups in total. The van der Waals surface area contributed by atoms with E-state index >= 15 is 0 Å². The fourth-order valence-electron chi connectivity index (χ4n) is 0.740. The summed E-state index contributed by atoms with van der Waals surface area (Å²) in [7, 11) is 0. The second-order valence-corrected chi connectivity index (χ2v) is 2.32. The summed E-state index contributed by atoms with van der Waals surface area (Å²) < 4.78 is 0. The Morgan fingerprint density at radius 2 is 2.50 bits per heavy atom. The molecule has 0 aromatic carbocycles. The van der Waals surface area contributed by atoms with Gasteiger partial charge in [0, 0.05) is 12.5 Å². The van der Waals surface area contributed by atoms with Crippen LogP contribution >= 0.6 is 0 Å². The summed E-state index contributed by atoms with van der Waals surface area (Å²) in [6.07, 6.45) is 3.57. The second kappa shape index (κ2) is 3.56. The van der Waals surface area contributed by atoms with Gasteiger partial charge in [-0.3, -0.25) is 9.89 Å². The van der Waals surface area contributed by atoms with Gasteiger partial charge in [-0.25, -0.2) is 0 Å². The standard InChI is InChI=1S/C7H10N4O/c8-6-4-5(10-11-6)2-1-3-7(9)12/h1-2,4H,3H2,(H2,9,12)(H3,8,10,11). The molecule has 12 heavy (non-hydrogen) atoms. The summed E-state index contributed by atoms with van der Waals surface area (Å²) >= 11 is 0. The van der Waals surface area contributed by atoms with Crippen LogP contribution in [0.25, 0.3) is 6.08 Å². The monoisotopic (exact) mass is 166 g/mol. The highest BCUT2D eigenvalue weighted by molar-refractivity contribution is 5.76. The van der Waals surface area contributed by atoms with E-state index in [2.05, 4.69) is 10.2 Å². The molecule has 0 spiro atoms. The maximum atomic E-state index is 10.3. The van der Waals surface area contributed by atoms with Crippen molar-refractivity contribution in [1.29, 1.82) is 0 Å². The van der Waals surface area contributed by atoms with Crippen molar-refractivity contribution in [2.24, 2.45) is 5.73 Å². The van der Waals surface area contributed by atoms with Crippen molar-refractivity contribution in [2.75, 3.05) is 5.73 Å². The molecule has 0 radical (unpaired) electrons. The van der Waals surface area contributed by atoms with Gasteiger partial charge in [0.2, 0.25) is 5.91 Å². The first-order valence-electron chi connectivity index (χ1n) is 3.44. The first-order valence-corrected chi connectivity index (χ1v) is 3.44. The van der Waals surface area contributed by atoms with Crippen LogP contribution in [0, 0.1) is 0 Å². The number of anilines is 1. The molecule has 64 valence electrons. The van der Waals surface area contributed by atoms with Crippen LogP contribution in [0.4, 0.5) is 5.82 Å². The van der Waals surface area contributed by atoms with Crippen molar-refractivity contribution in [3.63, 3.8) is 0 Å². The SMILES string of the molecule is NC(=O)CC=Cc1cc(N)n[nH]1. The zero-order valence-corrected chi connectivity index (χ0v) is 6.45. The van der Waals surface area contributed by atoms with Crippen LogP contribution in [0.1, 0.15) is 12.1 Å². The summed E-state index contributed by atoms with van der Waals surface area (Å²) in [5.74, 6) is 0.0625. The van der Waals surface area contributed by atoms with Gasteiger partial charge in [0.05, 0.1) is 5.69 Å².